The molecule has 0 bridgehead atoms. The van der Waals surface area contributed by atoms with Crippen LogP contribution >= 0.6 is 0 Å². The number of pyridine rings is 1. The molecule has 8 heteroatoms. The molecule has 160 valence electrons. The first-order valence-electron chi connectivity index (χ1n) is 10.5. The molecule has 1 fully saturated rings. The molecule has 1 saturated carbocycles. The van der Waals surface area contributed by atoms with E-state index in [4.69, 9.17) is 19.3 Å². The third kappa shape index (κ3) is 3.13. The van der Waals surface area contributed by atoms with Gasteiger partial charge in [-0.25, -0.2) is 14.3 Å². The standard InChI is InChI=1S/C23H23N3O5/c1-3-4-11-30-22(28)23(9-10-23)21-24-19-18(29-2)8-7-17(26(19)25-21)14-5-6-16-15(12-14)13-31-20(16)27/h5-8,12H,3-4,9-11,13H2,1-2H3. The van der Waals surface area contributed by atoms with Crippen LogP contribution < -0.4 is 4.74 Å². The molecule has 1 aliphatic carbocycles. The predicted octanol–water partition coefficient (Wildman–Crippen LogP) is 3.45. The molecular formula is C23H23N3O5. The minimum Gasteiger partial charge on any atom is -0.493 e. The number of ether oxygens (including phenoxy) is 3. The van der Waals surface area contributed by atoms with E-state index in [1.165, 1.54) is 0 Å². The summed E-state index contributed by atoms with van der Waals surface area (Å²) in [4.78, 5) is 29.2. The molecule has 0 N–H and O–H groups in total. The summed E-state index contributed by atoms with van der Waals surface area (Å²) in [7, 11) is 1.58. The summed E-state index contributed by atoms with van der Waals surface area (Å²) >= 11 is 0. The van der Waals surface area contributed by atoms with Crippen LogP contribution in [0.15, 0.2) is 30.3 Å². The average molecular weight is 421 g/mol. The summed E-state index contributed by atoms with van der Waals surface area (Å²) in [6.45, 7) is 2.73. The van der Waals surface area contributed by atoms with Crippen molar-refractivity contribution < 1.29 is 23.8 Å². The molecule has 0 spiro atoms. The summed E-state index contributed by atoms with van der Waals surface area (Å²) in [5.74, 6) is 0.462. The van der Waals surface area contributed by atoms with Crippen LogP contribution in [-0.2, 0) is 26.3 Å². The Bertz CT molecular complexity index is 1200. The predicted molar refractivity (Wildman–Crippen MR) is 111 cm³/mol. The SMILES string of the molecule is CCCCOC(=O)C1(c2nc3c(OC)ccc(-c4ccc5c(c4)COC5=O)n3n2)CC1. The second kappa shape index (κ2) is 7.37. The lowest BCUT2D eigenvalue weighted by molar-refractivity contribution is -0.147. The molecular weight excluding hydrogens is 398 g/mol. The van der Waals surface area contributed by atoms with Gasteiger partial charge in [0.05, 0.1) is 25.0 Å². The number of hydrogen-bond acceptors (Lipinski definition) is 7. The van der Waals surface area contributed by atoms with Gasteiger partial charge in [-0.05, 0) is 43.5 Å². The molecule has 0 unspecified atom stereocenters. The fourth-order valence-electron chi connectivity index (χ4n) is 3.90. The maximum Gasteiger partial charge on any atom is 0.338 e. The topological polar surface area (TPSA) is 92.0 Å². The Labute approximate surface area is 179 Å². The van der Waals surface area contributed by atoms with Crippen LogP contribution in [0.1, 0.15) is 54.4 Å². The van der Waals surface area contributed by atoms with E-state index in [2.05, 4.69) is 11.9 Å². The van der Waals surface area contributed by atoms with Crippen molar-refractivity contribution in [1.82, 2.24) is 14.6 Å². The lowest BCUT2D eigenvalue weighted by Gasteiger charge is -2.10. The van der Waals surface area contributed by atoms with Crippen LogP contribution in [0, 0.1) is 0 Å². The number of cyclic esters (lactones) is 1. The van der Waals surface area contributed by atoms with Gasteiger partial charge in [0.25, 0.3) is 0 Å². The van der Waals surface area contributed by atoms with Crippen LogP contribution in [0.5, 0.6) is 5.75 Å². The van der Waals surface area contributed by atoms with Gasteiger partial charge in [0, 0.05) is 11.1 Å². The maximum absolute atomic E-state index is 12.8. The van der Waals surface area contributed by atoms with Crippen molar-refractivity contribution in [3.05, 3.63) is 47.3 Å². The van der Waals surface area contributed by atoms with E-state index in [9.17, 15) is 9.59 Å². The van der Waals surface area contributed by atoms with E-state index in [1.54, 1.807) is 17.7 Å². The van der Waals surface area contributed by atoms with Crippen molar-refractivity contribution in [2.24, 2.45) is 0 Å². The Morgan fingerprint density at radius 2 is 2.10 bits per heavy atom. The number of fused-ring (bicyclic) bond motifs is 2. The van der Waals surface area contributed by atoms with Gasteiger partial charge < -0.3 is 14.2 Å². The molecule has 0 atom stereocenters. The Morgan fingerprint density at radius 3 is 2.84 bits per heavy atom. The highest BCUT2D eigenvalue weighted by molar-refractivity contribution is 5.94. The van der Waals surface area contributed by atoms with E-state index < -0.39 is 5.41 Å². The Morgan fingerprint density at radius 1 is 1.26 bits per heavy atom. The molecule has 8 nitrogen and oxygen atoms in total. The first-order valence-corrected chi connectivity index (χ1v) is 10.5. The number of rotatable bonds is 7. The van der Waals surface area contributed by atoms with Gasteiger partial charge in [-0.2, -0.15) is 0 Å². The smallest absolute Gasteiger partial charge is 0.338 e. The molecule has 2 aromatic heterocycles. The minimum atomic E-state index is -0.778. The van der Waals surface area contributed by atoms with Crippen molar-refractivity contribution in [3.8, 4) is 17.0 Å². The Kier molecular flexibility index (Phi) is 4.64. The van der Waals surface area contributed by atoms with Gasteiger partial charge in [0.15, 0.2) is 17.2 Å². The van der Waals surface area contributed by atoms with Gasteiger partial charge in [0.1, 0.15) is 12.0 Å². The number of nitrogens with zero attached hydrogens (tertiary/aromatic N) is 3. The quantitative estimate of drug-likeness (QED) is 0.426. The van der Waals surface area contributed by atoms with Gasteiger partial charge in [-0.1, -0.05) is 19.4 Å². The molecule has 0 amide bonds. The van der Waals surface area contributed by atoms with Crippen molar-refractivity contribution in [1.29, 1.82) is 0 Å². The maximum atomic E-state index is 12.8. The molecule has 31 heavy (non-hydrogen) atoms. The highest BCUT2D eigenvalue weighted by Crippen LogP contribution is 2.48. The Balaban J connectivity index is 1.57. The van der Waals surface area contributed by atoms with Crippen molar-refractivity contribution in [2.75, 3.05) is 13.7 Å². The van der Waals surface area contributed by atoms with Crippen molar-refractivity contribution >= 4 is 17.6 Å². The van der Waals surface area contributed by atoms with Crippen molar-refractivity contribution in [2.45, 2.75) is 44.6 Å². The summed E-state index contributed by atoms with van der Waals surface area (Å²) in [6, 6.07) is 9.27. The minimum absolute atomic E-state index is 0.259. The number of unbranched alkanes of at least 4 members (excludes halogenated alkanes) is 1. The molecule has 5 rings (SSSR count). The van der Waals surface area contributed by atoms with Crippen LogP contribution in [0.2, 0.25) is 0 Å². The van der Waals surface area contributed by atoms with Gasteiger partial charge in [-0.15, -0.1) is 5.10 Å². The van der Waals surface area contributed by atoms with Crippen LogP contribution in [0.4, 0.5) is 0 Å². The second-order valence-corrected chi connectivity index (χ2v) is 7.98. The van der Waals surface area contributed by atoms with Crippen LogP contribution in [-0.4, -0.2) is 40.3 Å². The fraction of sp³-hybridized carbons (Fsp3) is 0.391. The number of hydrogen-bond donors (Lipinski definition) is 0. The Hall–Kier alpha value is -3.42. The summed E-state index contributed by atoms with van der Waals surface area (Å²) < 4.78 is 17.8. The number of carbonyl (C=O) groups excluding carboxylic acids is 2. The van der Waals surface area contributed by atoms with E-state index in [1.807, 2.05) is 24.3 Å². The lowest BCUT2D eigenvalue weighted by atomic mass is 10.0. The van der Waals surface area contributed by atoms with E-state index >= 15 is 0 Å². The number of carbonyl (C=O) groups is 2. The number of benzene rings is 1. The van der Waals surface area contributed by atoms with E-state index in [0.717, 1.165) is 29.7 Å². The zero-order chi connectivity index (χ0) is 21.6. The zero-order valence-electron chi connectivity index (χ0n) is 17.5. The van der Waals surface area contributed by atoms with Crippen molar-refractivity contribution in [3.63, 3.8) is 0 Å². The fourth-order valence-corrected chi connectivity index (χ4v) is 3.90. The van der Waals surface area contributed by atoms with E-state index in [0.29, 0.717) is 42.2 Å². The summed E-state index contributed by atoms with van der Waals surface area (Å²) in [6.07, 6.45) is 3.14. The highest BCUT2D eigenvalue weighted by atomic mass is 16.5. The van der Waals surface area contributed by atoms with Gasteiger partial charge in [-0.3, -0.25) is 4.79 Å². The number of esters is 2. The molecule has 1 aliphatic heterocycles. The van der Waals surface area contributed by atoms with Crippen LogP contribution in [0.25, 0.3) is 16.9 Å². The summed E-state index contributed by atoms with van der Waals surface area (Å²) in [5.41, 5.74) is 2.84. The summed E-state index contributed by atoms with van der Waals surface area (Å²) in [5, 5.41) is 4.72. The molecule has 3 heterocycles. The molecule has 1 aromatic carbocycles. The number of aromatic nitrogens is 3. The molecule has 2 aliphatic rings. The largest absolute Gasteiger partial charge is 0.493 e. The lowest BCUT2D eigenvalue weighted by Crippen LogP contribution is -2.25. The third-order valence-electron chi connectivity index (χ3n) is 5.95. The normalized spacial score (nSPS) is 16.1. The monoisotopic (exact) mass is 421 g/mol. The molecule has 0 radical (unpaired) electrons. The first kappa shape index (κ1) is 19.5. The average Bonchev–Trinajstić information content (AvgIpc) is 3.34. The third-order valence-corrected chi connectivity index (χ3v) is 5.95. The number of methoxy groups -OCH3 is 1. The highest BCUT2D eigenvalue weighted by Gasteiger charge is 2.56. The van der Waals surface area contributed by atoms with Gasteiger partial charge in [0.2, 0.25) is 0 Å². The second-order valence-electron chi connectivity index (χ2n) is 7.98. The van der Waals surface area contributed by atoms with E-state index in [-0.39, 0.29) is 18.5 Å². The molecule has 0 saturated heterocycles. The van der Waals surface area contributed by atoms with Crippen LogP contribution in [0.3, 0.4) is 0 Å². The first-order chi connectivity index (χ1) is 15.1. The van der Waals surface area contributed by atoms with Gasteiger partial charge >= 0.3 is 11.9 Å². The zero-order valence-corrected chi connectivity index (χ0v) is 17.5. The molecule has 3 aromatic rings.